The summed E-state index contributed by atoms with van der Waals surface area (Å²) < 4.78 is 1.83. The third-order valence-corrected chi connectivity index (χ3v) is 2.90. The van der Waals surface area contributed by atoms with Crippen LogP contribution in [0.15, 0.2) is 48.7 Å². The van der Waals surface area contributed by atoms with Gasteiger partial charge in [0.2, 0.25) is 5.28 Å². The fourth-order valence-electron chi connectivity index (χ4n) is 1.94. The van der Waals surface area contributed by atoms with Gasteiger partial charge in [-0.1, -0.05) is 18.2 Å². The molecule has 0 saturated carbocycles. The Morgan fingerprint density at radius 2 is 1.84 bits per heavy atom. The molecule has 0 saturated heterocycles. The average molecular weight is 271 g/mol. The summed E-state index contributed by atoms with van der Waals surface area (Å²) in [7, 11) is 0. The van der Waals surface area contributed by atoms with E-state index in [4.69, 9.17) is 11.6 Å². The van der Waals surface area contributed by atoms with Crippen molar-refractivity contribution in [1.29, 1.82) is 0 Å². The second-order valence-electron chi connectivity index (χ2n) is 4.13. The number of benzene rings is 1. The van der Waals surface area contributed by atoms with Gasteiger partial charge in [-0.25, -0.2) is 14.6 Å². The van der Waals surface area contributed by atoms with Crippen molar-refractivity contribution in [3.63, 3.8) is 0 Å². The highest BCUT2D eigenvalue weighted by Gasteiger charge is 2.10. The van der Waals surface area contributed by atoms with Crippen LogP contribution >= 0.6 is 11.6 Å². The normalized spacial score (nSPS) is 10.6. The van der Waals surface area contributed by atoms with Gasteiger partial charge in [-0.3, -0.25) is 0 Å². The lowest BCUT2D eigenvalue weighted by molar-refractivity contribution is 0.882. The maximum atomic E-state index is 5.91. The third kappa shape index (κ3) is 2.35. The number of aryl methyl sites for hydroxylation is 1. The Morgan fingerprint density at radius 3 is 2.58 bits per heavy atom. The van der Waals surface area contributed by atoms with E-state index in [2.05, 4.69) is 15.1 Å². The molecule has 4 nitrogen and oxygen atoms in total. The summed E-state index contributed by atoms with van der Waals surface area (Å²) >= 11 is 5.91. The van der Waals surface area contributed by atoms with Crippen LogP contribution in [0.3, 0.4) is 0 Å². The highest BCUT2D eigenvalue weighted by atomic mass is 35.5. The van der Waals surface area contributed by atoms with E-state index < -0.39 is 0 Å². The largest absolute Gasteiger partial charge is 0.232 e. The Kier molecular flexibility index (Phi) is 3.01. The molecule has 0 bridgehead atoms. The van der Waals surface area contributed by atoms with Crippen molar-refractivity contribution >= 4 is 11.6 Å². The summed E-state index contributed by atoms with van der Waals surface area (Å²) in [4.78, 5) is 8.33. The van der Waals surface area contributed by atoms with Gasteiger partial charge in [-0.05, 0) is 42.8 Å². The van der Waals surface area contributed by atoms with Gasteiger partial charge in [0.25, 0.3) is 0 Å². The molecule has 0 aliphatic carbocycles. The highest BCUT2D eigenvalue weighted by Crippen LogP contribution is 2.22. The molecule has 1 aromatic carbocycles. The molecule has 0 amide bonds. The number of aromatic nitrogens is 4. The van der Waals surface area contributed by atoms with Gasteiger partial charge >= 0.3 is 0 Å². The summed E-state index contributed by atoms with van der Waals surface area (Å²) in [5.41, 5.74) is 3.46. The number of rotatable bonds is 2. The quantitative estimate of drug-likeness (QED) is 0.671. The van der Waals surface area contributed by atoms with Gasteiger partial charge in [-0.15, -0.1) is 0 Å². The van der Waals surface area contributed by atoms with E-state index in [1.165, 1.54) is 0 Å². The smallest absolute Gasteiger partial charge is 0.223 e. The Labute approximate surface area is 115 Å². The second-order valence-corrected chi connectivity index (χ2v) is 4.47. The van der Waals surface area contributed by atoms with Crippen molar-refractivity contribution in [3.8, 4) is 17.1 Å². The molecule has 0 N–H and O–H groups in total. The minimum atomic E-state index is 0.246. The molecular weight excluding hydrogens is 260 g/mol. The van der Waals surface area contributed by atoms with Gasteiger partial charge in [0, 0.05) is 5.69 Å². The first kappa shape index (κ1) is 11.9. The molecule has 0 spiro atoms. The summed E-state index contributed by atoms with van der Waals surface area (Å²) in [6, 6.07) is 13.7. The topological polar surface area (TPSA) is 43.6 Å². The average Bonchev–Trinajstić information content (AvgIpc) is 2.88. The second kappa shape index (κ2) is 4.82. The van der Waals surface area contributed by atoms with Crippen LogP contribution in [0.25, 0.3) is 17.1 Å². The molecule has 19 heavy (non-hydrogen) atoms. The van der Waals surface area contributed by atoms with Gasteiger partial charge in [0.1, 0.15) is 0 Å². The first-order chi connectivity index (χ1) is 9.24. The van der Waals surface area contributed by atoms with Crippen LogP contribution < -0.4 is 0 Å². The number of hydrogen-bond donors (Lipinski definition) is 0. The maximum Gasteiger partial charge on any atom is 0.223 e. The zero-order chi connectivity index (χ0) is 13.2. The Balaban J connectivity index is 2.15. The Morgan fingerprint density at radius 1 is 1.05 bits per heavy atom. The first-order valence-electron chi connectivity index (χ1n) is 5.85. The summed E-state index contributed by atoms with van der Waals surface area (Å²) in [5, 5.41) is 4.58. The van der Waals surface area contributed by atoms with Crippen molar-refractivity contribution in [1.82, 2.24) is 19.7 Å². The molecule has 0 unspecified atom stereocenters. The van der Waals surface area contributed by atoms with Gasteiger partial charge in [0.05, 0.1) is 23.3 Å². The molecular formula is C14H11ClN4. The molecule has 0 fully saturated rings. The third-order valence-electron chi connectivity index (χ3n) is 2.73. The predicted molar refractivity (Wildman–Crippen MR) is 74.3 cm³/mol. The standard InChI is InChI=1S/C14H11ClN4/c1-10-9-12(18-14(15)17-10)13-7-8-16-19(13)11-5-3-2-4-6-11/h2-9H,1H3. The molecule has 2 aromatic heterocycles. The van der Waals surface area contributed by atoms with Crippen LogP contribution in [0.2, 0.25) is 5.28 Å². The molecule has 5 heteroatoms. The van der Waals surface area contributed by atoms with Crippen LogP contribution in [0.5, 0.6) is 0 Å². The van der Waals surface area contributed by atoms with Crippen LogP contribution in [0.4, 0.5) is 0 Å². The minimum Gasteiger partial charge on any atom is -0.232 e. The number of halogens is 1. The first-order valence-corrected chi connectivity index (χ1v) is 6.23. The van der Waals surface area contributed by atoms with E-state index in [1.54, 1.807) is 6.20 Å². The van der Waals surface area contributed by atoms with Crippen LogP contribution in [0, 0.1) is 6.92 Å². The Bertz CT molecular complexity index is 686. The zero-order valence-corrected chi connectivity index (χ0v) is 11.0. The molecule has 0 atom stereocenters. The van der Waals surface area contributed by atoms with Crippen molar-refractivity contribution in [2.75, 3.05) is 0 Å². The molecule has 94 valence electrons. The lowest BCUT2D eigenvalue weighted by Crippen LogP contribution is -2.00. The summed E-state index contributed by atoms with van der Waals surface area (Å²) in [6.45, 7) is 1.89. The van der Waals surface area contributed by atoms with Crippen LogP contribution in [0.1, 0.15) is 5.69 Å². The van der Waals surface area contributed by atoms with Crippen molar-refractivity contribution < 1.29 is 0 Å². The van der Waals surface area contributed by atoms with Crippen molar-refractivity contribution in [2.24, 2.45) is 0 Å². The molecule has 3 rings (SSSR count). The number of nitrogens with zero attached hydrogens (tertiary/aromatic N) is 4. The van der Waals surface area contributed by atoms with Crippen molar-refractivity contribution in [3.05, 3.63) is 59.6 Å². The van der Waals surface area contributed by atoms with E-state index >= 15 is 0 Å². The van der Waals surface area contributed by atoms with E-state index in [-0.39, 0.29) is 5.28 Å². The molecule has 2 heterocycles. The van der Waals surface area contributed by atoms with Crippen molar-refractivity contribution in [2.45, 2.75) is 6.92 Å². The zero-order valence-electron chi connectivity index (χ0n) is 10.3. The van der Waals surface area contributed by atoms with Gasteiger partial charge in [-0.2, -0.15) is 5.10 Å². The van der Waals surface area contributed by atoms with E-state index in [1.807, 2.05) is 54.1 Å². The number of para-hydroxylation sites is 1. The predicted octanol–water partition coefficient (Wildman–Crippen LogP) is 3.29. The Hall–Kier alpha value is -2.20. The SMILES string of the molecule is Cc1cc(-c2ccnn2-c2ccccc2)nc(Cl)n1. The fourth-order valence-corrected chi connectivity index (χ4v) is 2.16. The van der Waals surface area contributed by atoms with E-state index in [0.29, 0.717) is 0 Å². The fraction of sp³-hybridized carbons (Fsp3) is 0.0714. The summed E-state index contributed by atoms with van der Waals surface area (Å²) in [6.07, 6.45) is 1.74. The van der Waals surface area contributed by atoms with Gasteiger partial charge < -0.3 is 0 Å². The summed E-state index contributed by atoms with van der Waals surface area (Å²) in [5.74, 6) is 0. The van der Waals surface area contributed by atoms with Crippen LogP contribution in [-0.2, 0) is 0 Å². The lowest BCUT2D eigenvalue weighted by Gasteiger charge is -2.07. The molecule has 0 aliphatic heterocycles. The molecule has 0 aliphatic rings. The molecule has 0 radical (unpaired) electrons. The minimum absolute atomic E-state index is 0.246. The van der Waals surface area contributed by atoms with Crippen LogP contribution in [-0.4, -0.2) is 19.7 Å². The number of hydrogen-bond acceptors (Lipinski definition) is 3. The monoisotopic (exact) mass is 270 g/mol. The van der Waals surface area contributed by atoms with Gasteiger partial charge in [0.15, 0.2) is 0 Å². The maximum absolute atomic E-state index is 5.91. The van der Waals surface area contributed by atoms with E-state index in [0.717, 1.165) is 22.8 Å². The van der Waals surface area contributed by atoms with E-state index in [9.17, 15) is 0 Å². The molecule has 3 aromatic rings. The lowest BCUT2D eigenvalue weighted by atomic mass is 10.2. The highest BCUT2D eigenvalue weighted by molar-refractivity contribution is 6.28.